The van der Waals surface area contributed by atoms with E-state index in [2.05, 4.69) is 16.2 Å². The fourth-order valence-electron chi connectivity index (χ4n) is 2.41. The molecule has 0 saturated heterocycles. The van der Waals surface area contributed by atoms with Crippen LogP contribution < -0.4 is 16.2 Å². The lowest BCUT2D eigenvalue weighted by Crippen LogP contribution is -2.52. The number of hydrogen-bond acceptors (Lipinski definition) is 5. The van der Waals surface area contributed by atoms with Crippen molar-refractivity contribution in [1.29, 1.82) is 5.26 Å². The molecule has 0 unspecified atom stereocenters. The van der Waals surface area contributed by atoms with Crippen LogP contribution in [0.25, 0.3) is 0 Å². The van der Waals surface area contributed by atoms with Gasteiger partial charge in [-0.05, 0) is 49.7 Å². The van der Waals surface area contributed by atoms with Crippen molar-refractivity contribution in [1.82, 2.24) is 10.9 Å². The summed E-state index contributed by atoms with van der Waals surface area (Å²) in [5.41, 5.74) is 5.99. The highest BCUT2D eigenvalue weighted by Gasteiger charge is 2.25. The summed E-state index contributed by atoms with van der Waals surface area (Å²) in [4.78, 5) is 24.7. The van der Waals surface area contributed by atoms with E-state index < -0.39 is 24.0 Å². The molecular weight excluding hydrogens is 439 g/mol. The summed E-state index contributed by atoms with van der Waals surface area (Å²) in [5.74, 6) is -1.30. The molecule has 10 heteroatoms. The van der Waals surface area contributed by atoms with E-state index in [0.717, 1.165) is 0 Å². The van der Waals surface area contributed by atoms with E-state index in [1.165, 1.54) is 31.2 Å². The highest BCUT2D eigenvalue weighted by molar-refractivity contribution is 6.42. The van der Waals surface area contributed by atoms with Crippen molar-refractivity contribution in [3.8, 4) is 6.07 Å². The smallest absolute Gasteiger partial charge is 0.269 e. The number of carbonyl (C=O) groups is 2. The number of anilines is 1. The average molecular weight is 456 g/mol. The minimum atomic E-state index is -1.11. The van der Waals surface area contributed by atoms with Gasteiger partial charge in [0.05, 0.1) is 26.7 Å². The molecule has 0 heterocycles. The maximum Gasteiger partial charge on any atom is 0.269 e. The van der Waals surface area contributed by atoms with Gasteiger partial charge in [0.15, 0.2) is 0 Å². The fourth-order valence-corrected chi connectivity index (χ4v) is 2.91. The molecule has 2 atom stereocenters. The molecule has 29 heavy (non-hydrogen) atoms. The van der Waals surface area contributed by atoms with E-state index in [1.54, 1.807) is 13.0 Å². The van der Waals surface area contributed by atoms with Gasteiger partial charge >= 0.3 is 0 Å². The van der Waals surface area contributed by atoms with Gasteiger partial charge in [-0.1, -0.05) is 34.8 Å². The molecule has 0 aromatic heterocycles. The Morgan fingerprint density at radius 2 is 1.79 bits per heavy atom. The first-order valence-corrected chi connectivity index (χ1v) is 9.48. The average Bonchev–Trinajstić information content (AvgIpc) is 2.68. The zero-order valence-electron chi connectivity index (χ0n) is 15.4. The van der Waals surface area contributed by atoms with Crippen LogP contribution in [0.1, 0.15) is 28.4 Å². The number of amides is 2. The molecule has 2 rings (SSSR count). The van der Waals surface area contributed by atoms with Gasteiger partial charge in [-0.15, -0.1) is 0 Å². The molecule has 2 aromatic carbocycles. The Morgan fingerprint density at radius 1 is 1.10 bits per heavy atom. The summed E-state index contributed by atoms with van der Waals surface area (Å²) in [6, 6.07) is 8.20. The van der Waals surface area contributed by atoms with Gasteiger partial charge in [0.1, 0.15) is 12.1 Å². The molecule has 0 spiro atoms. The van der Waals surface area contributed by atoms with Crippen LogP contribution in [-0.4, -0.2) is 29.1 Å². The Hall–Kier alpha value is -2.50. The molecule has 0 radical (unpaired) electrons. The molecule has 0 aliphatic rings. The lowest BCUT2D eigenvalue weighted by molar-refractivity contribution is -0.124. The Morgan fingerprint density at radius 3 is 2.38 bits per heavy atom. The summed E-state index contributed by atoms with van der Waals surface area (Å²) in [5, 5.41) is 22.6. The SMILES string of the molecule is Cc1c(N[C@@H](C(=O)NNC(=O)c2ccc(Cl)c(Cl)c2)[C@@H](C)O)ccc(C#N)c1Cl. The molecule has 0 fully saturated rings. The molecule has 2 aromatic rings. The lowest BCUT2D eigenvalue weighted by atomic mass is 10.1. The van der Waals surface area contributed by atoms with Gasteiger partial charge in [0.25, 0.3) is 11.8 Å². The number of benzene rings is 2. The summed E-state index contributed by atoms with van der Waals surface area (Å²) >= 11 is 17.8. The monoisotopic (exact) mass is 454 g/mol. The number of hydrazine groups is 1. The van der Waals surface area contributed by atoms with E-state index >= 15 is 0 Å². The van der Waals surface area contributed by atoms with Gasteiger partial charge < -0.3 is 10.4 Å². The summed E-state index contributed by atoms with van der Waals surface area (Å²) in [7, 11) is 0. The maximum atomic E-state index is 12.5. The third-order valence-electron chi connectivity index (χ3n) is 4.06. The topological polar surface area (TPSA) is 114 Å². The highest BCUT2D eigenvalue weighted by atomic mass is 35.5. The van der Waals surface area contributed by atoms with Crippen LogP contribution in [0, 0.1) is 18.3 Å². The quantitative estimate of drug-likeness (QED) is 0.516. The van der Waals surface area contributed by atoms with Crippen LogP contribution >= 0.6 is 34.8 Å². The van der Waals surface area contributed by atoms with Crippen molar-refractivity contribution in [3.05, 3.63) is 62.1 Å². The second-order valence-corrected chi connectivity index (χ2v) is 7.34. The van der Waals surface area contributed by atoms with E-state index in [-0.39, 0.29) is 15.6 Å². The number of nitrogens with zero attached hydrogens (tertiary/aromatic N) is 1. The number of halogens is 3. The van der Waals surface area contributed by atoms with Crippen molar-refractivity contribution in [2.24, 2.45) is 0 Å². The van der Waals surface area contributed by atoms with E-state index in [9.17, 15) is 14.7 Å². The third-order valence-corrected chi connectivity index (χ3v) is 5.29. The number of nitriles is 1. The maximum absolute atomic E-state index is 12.5. The Bertz CT molecular complexity index is 989. The Balaban J connectivity index is 2.10. The Kier molecular flexibility index (Phi) is 7.71. The van der Waals surface area contributed by atoms with Crippen LogP contribution in [0.2, 0.25) is 15.1 Å². The van der Waals surface area contributed by atoms with Gasteiger partial charge in [-0.3, -0.25) is 20.4 Å². The van der Waals surface area contributed by atoms with Crippen molar-refractivity contribution < 1.29 is 14.7 Å². The number of hydrogen-bond donors (Lipinski definition) is 4. The van der Waals surface area contributed by atoms with E-state index in [0.29, 0.717) is 21.8 Å². The van der Waals surface area contributed by atoms with Crippen LogP contribution in [0.4, 0.5) is 5.69 Å². The number of nitrogens with one attached hydrogen (secondary N) is 3. The standard InChI is InChI=1S/C19H17Cl3N4O3/c1-9-15(6-4-12(8-23)16(9)22)24-17(10(2)27)19(29)26-25-18(28)11-3-5-13(20)14(21)7-11/h3-7,10,17,24,27H,1-2H3,(H,25,28)(H,26,29)/t10-,17-/m1/s1. The predicted molar refractivity (Wildman–Crippen MR) is 112 cm³/mol. The van der Waals surface area contributed by atoms with Crippen molar-refractivity contribution in [2.45, 2.75) is 26.0 Å². The Labute approximate surface area is 182 Å². The fraction of sp³-hybridized carbons (Fsp3) is 0.211. The molecule has 152 valence electrons. The molecule has 0 saturated carbocycles. The minimum Gasteiger partial charge on any atom is -0.391 e. The summed E-state index contributed by atoms with van der Waals surface area (Å²) < 4.78 is 0. The largest absolute Gasteiger partial charge is 0.391 e. The third kappa shape index (κ3) is 5.52. The molecule has 4 N–H and O–H groups in total. The van der Waals surface area contributed by atoms with Crippen molar-refractivity contribution in [3.63, 3.8) is 0 Å². The van der Waals surface area contributed by atoms with Gasteiger partial charge in [0.2, 0.25) is 0 Å². The van der Waals surface area contributed by atoms with Gasteiger partial charge in [0, 0.05) is 11.3 Å². The number of aliphatic hydroxyl groups excluding tert-OH is 1. The number of rotatable bonds is 5. The minimum absolute atomic E-state index is 0.191. The lowest BCUT2D eigenvalue weighted by Gasteiger charge is -2.23. The zero-order valence-corrected chi connectivity index (χ0v) is 17.7. The van der Waals surface area contributed by atoms with Crippen LogP contribution in [0.5, 0.6) is 0 Å². The summed E-state index contributed by atoms with van der Waals surface area (Å²) in [6.45, 7) is 3.09. The number of aliphatic hydroxyl groups is 1. The van der Waals surface area contributed by atoms with Crippen LogP contribution in [-0.2, 0) is 4.79 Å². The second-order valence-electron chi connectivity index (χ2n) is 6.15. The predicted octanol–water partition coefficient (Wildman–Crippen LogP) is 3.45. The molecule has 2 amide bonds. The normalized spacial score (nSPS) is 12.4. The first kappa shape index (κ1) is 22.8. The summed E-state index contributed by atoms with van der Waals surface area (Å²) in [6.07, 6.45) is -1.11. The molecule has 0 aliphatic heterocycles. The van der Waals surface area contributed by atoms with E-state index in [1.807, 2.05) is 6.07 Å². The van der Waals surface area contributed by atoms with E-state index in [4.69, 9.17) is 40.1 Å². The zero-order chi connectivity index (χ0) is 21.7. The molecular formula is C19H17Cl3N4O3. The molecule has 0 aliphatic carbocycles. The number of carbonyl (C=O) groups excluding carboxylic acids is 2. The van der Waals surface area contributed by atoms with Gasteiger partial charge in [-0.2, -0.15) is 5.26 Å². The first-order valence-electron chi connectivity index (χ1n) is 8.34. The first-order chi connectivity index (χ1) is 13.6. The van der Waals surface area contributed by atoms with Gasteiger partial charge in [-0.25, -0.2) is 0 Å². The van der Waals surface area contributed by atoms with Crippen molar-refractivity contribution >= 4 is 52.3 Å². The molecule has 7 nitrogen and oxygen atoms in total. The van der Waals surface area contributed by atoms with Crippen molar-refractivity contribution in [2.75, 3.05) is 5.32 Å². The van der Waals surface area contributed by atoms with Crippen LogP contribution in [0.3, 0.4) is 0 Å². The highest BCUT2D eigenvalue weighted by Crippen LogP contribution is 2.27. The van der Waals surface area contributed by atoms with Crippen LogP contribution in [0.15, 0.2) is 30.3 Å². The molecule has 0 bridgehead atoms. The second kappa shape index (κ2) is 9.81.